The number of halogens is 1. The first kappa shape index (κ1) is 28.7. The van der Waals surface area contributed by atoms with Crippen molar-refractivity contribution >= 4 is 43.8 Å². The Morgan fingerprint density at radius 3 is 2.26 bits per heavy atom. The van der Waals surface area contributed by atoms with E-state index in [1.165, 1.54) is 0 Å². The van der Waals surface area contributed by atoms with E-state index < -0.39 is 33.2 Å². The molecule has 0 aliphatic carbocycles. The van der Waals surface area contributed by atoms with Crippen molar-refractivity contribution in [1.29, 1.82) is 0 Å². The fourth-order valence-corrected chi connectivity index (χ4v) is 4.74. The number of nitrogens with one attached hydrogen (secondary N) is 3. The van der Waals surface area contributed by atoms with E-state index in [-0.39, 0.29) is 25.2 Å². The van der Waals surface area contributed by atoms with Crippen LogP contribution >= 0.6 is 15.9 Å². The molecule has 4 N–H and O–H groups in total. The Kier molecular flexibility index (Phi) is 10.6. The minimum absolute atomic E-state index is 0.0264. The Morgan fingerprint density at radius 2 is 1.71 bits per heavy atom. The van der Waals surface area contributed by atoms with Crippen LogP contribution in [-0.2, 0) is 26.0 Å². The lowest BCUT2D eigenvalue weighted by Gasteiger charge is -2.39. The topological polar surface area (TPSA) is 125 Å². The summed E-state index contributed by atoms with van der Waals surface area (Å²) in [5, 5.41) is 9.59. The van der Waals surface area contributed by atoms with E-state index in [1.807, 2.05) is 79.4 Å². The van der Waals surface area contributed by atoms with Crippen LogP contribution in [0, 0.1) is 17.3 Å². The molecule has 2 atom stereocenters. The average Bonchev–Trinajstić information content (AvgIpc) is 2.80. The zero-order chi connectivity index (χ0) is 26.1. The minimum Gasteiger partial charge on any atom is -0.289 e. The van der Waals surface area contributed by atoms with Crippen molar-refractivity contribution in [2.24, 2.45) is 17.3 Å². The molecule has 2 rings (SSSR count). The van der Waals surface area contributed by atoms with Crippen molar-refractivity contribution in [1.82, 2.24) is 15.7 Å². The molecule has 2 amide bonds. The molecule has 0 unspecified atom stereocenters. The molecular weight excluding hydrogens is 534 g/mol. The Balaban J connectivity index is 2.57. The molecule has 0 spiro atoms. The van der Waals surface area contributed by atoms with Gasteiger partial charge in [-0.1, -0.05) is 84.4 Å². The van der Waals surface area contributed by atoms with Gasteiger partial charge in [-0.2, -0.15) is 0 Å². The zero-order valence-corrected chi connectivity index (χ0v) is 22.4. The monoisotopic (exact) mass is 565 g/mol. The van der Waals surface area contributed by atoms with Crippen molar-refractivity contribution < 1.29 is 23.2 Å². The molecule has 0 aromatic heterocycles. The molecule has 0 heterocycles. The summed E-state index contributed by atoms with van der Waals surface area (Å²) >= 11 is 3.40. The number of hydrazine groups is 1. The Bertz CT molecular complexity index is 1120. The third kappa shape index (κ3) is 8.88. The fourth-order valence-electron chi connectivity index (χ4n) is 4.19. The number of carbonyl (C=O) groups is 2. The van der Waals surface area contributed by atoms with Crippen molar-refractivity contribution in [3.63, 3.8) is 0 Å². The standard InChI is InChI=1S/C25H32BrN3O5S/c1-18(2)16-25(24(31)27-29-35(3,33)34,17-20-12-14-21(26)15-13-20)22(23(30)28-32)11-7-10-19-8-5-4-6-9-19/h4-10,12-15,18,22,29,32H,11,16-17H2,1-3H3,(H,27,31)(H,28,30)/t22-,25-/m1/s1. The highest BCUT2D eigenvalue weighted by Gasteiger charge is 2.49. The Hall–Kier alpha value is -2.53. The van der Waals surface area contributed by atoms with Gasteiger partial charge in [0.1, 0.15) is 0 Å². The van der Waals surface area contributed by atoms with Crippen LogP contribution in [0.15, 0.2) is 65.1 Å². The molecule has 35 heavy (non-hydrogen) atoms. The summed E-state index contributed by atoms with van der Waals surface area (Å²) in [6, 6.07) is 16.8. The van der Waals surface area contributed by atoms with E-state index in [2.05, 4.69) is 21.4 Å². The quantitative estimate of drug-likeness (QED) is 0.230. The predicted molar refractivity (Wildman–Crippen MR) is 139 cm³/mol. The summed E-state index contributed by atoms with van der Waals surface area (Å²) < 4.78 is 24.3. The minimum atomic E-state index is -3.74. The van der Waals surface area contributed by atoms with Gasteiger partial charge in [-0.3, -0.25) is 20.2 Å². The molecule has 8 nitrogen and oxygen atoms in total. The van der Waals surface area contributed by atoms with Crippen molar-refractivity contribution in [2.75, 3.05) is 6.26 Å². The van der Waals surface area contributed by atoms with Gasteiger partial charge in [0.15, 0.2) is 0 Å². The average molecular weight is 567 g/mol. The number of amides is 2. The van der Waals surface area contributed by atoms with Crippen molar-refractivity contribution in [2.45, 2.75) is 33.1 Å². The second kappa shape index (κ2) is 13.0. The van der Waals surface area contributed by atoms with E-state index in [9.17, 15) is 23.2 Å². The lowest BCUT2D eigenvalue weighted by atomic mass is 9.64. The molecule has 2 aromatic rings. The van der Waals surface area contributed by atoms with E-state index >= 15 is 0 Å². The molecule has 190 valence electrons. The number of hydroxylamine groups is 1. The summed E-state index contributed by atoms with van der Waals surface area (Å²) in [5.41, 5.74) is 4.33. The molecule has 0 aliphatic rings. The maximum absolute atomic E-state index is 13.7. The number of carbonyl (C=O) groups excluding carboxylic acids is 2. The number of allylic oxidation sites excluding steroid dienone is 1. The van der Waals surface area contributed by atoms with Crippen LogP contribution in [0.1, 0.15) is 37.8 Å². The summed E-state index contributed by atoms with van der Waals surface area (Å²) in [4.78, 5) is 28.7. The second-order valence-electron chi connectivity index (χ2n) is 8.96. The van der Waals surface area contributed by atoms with E-state index in [0.29, 0.717) is 0 Å². The van der Waals surface area contributed by atoms with Crippen LogP contribution in [0.3, 0.4) is 0 Å². The van der Waals surface area contributed by atoms with E-state index in [0.717, 1.165) is 21.9 Å². The van der Waals surface area contributed by atoms with Gasteiger partial charge in [0.05, 0.1) is 17.6 Å². The first-order chi connectivity index (χ1) is 16.5. The van der Waals surface area contributed by atoms with E-state index in [4.69, 9.17) is 0 Å². The highest BCUT2D eigenvalue weighted by Crippen LogP contribution is 2.41. The van der Waals surface area contributed by atoms with Gasteiger partial charge >= 0.3 is 0 Å². The fraction of sp³-hybridized carbons (Fsp3) is 0.360. The summed E-state index contributed by atoms with van der Waals surface area (Å²) in [6.45, 7) is 3.84. The predicted octanol–water partition coefficient (Wildman–Crippen LogP) is 3.83. The van der Waals surface area contributed by atoms with Crippen molar-refractivity contribution in [3.8, 4) is 0 Å². The SMILES string of the molecule is CC(C)C[C@](Cc1ccc(Br)cc1)(C(=O)NNS(C)(=O)=O)[C@H](CC=Cc1ccccc1)C(=O)NO. The Labute approximate surface area is 215 Å². The van der Waals surface area contributed by atoms with Gasteiger partial charge < -0.3 is 0 Å². The van der Waals surface area contributed by atoms with Gasteiger partial charge in [0, 0.05) is 4.47 Å². The maximum Gasteiger partial charge on any atom is 0.247 e. The van der Waals surface area contributed by atoms with E-state index in [1.54, 1.807) is 11.6 Å². The molecule has 10 heteroatoms. The van der Waals surface area contributed by atoms with Crippen LogP contribution in [0.5, 0.6) is 0 Å². The lowest BCUT2D eigenvalue weighted by Crippen LogP contribution is -2.56. The zero-order valence-electron chi connectivity index (χ0n) is 20.0. The van der Waals surface area contributed by atoms with Gasteiger partial charge in [-0.25, -0.2) is 13.9 Å². The Morgan fingerprint density at radius 1 is 1.09 bits per heavy atom. The highest BCUT2D eigenvalue weighted by molar-refractivity contribution is 9.10. The van der Waals surface area contributed by atoms with Crippen LogP contribution < -0.4 is 15.7 Å². The summed E-state index contributed by atoms with van der Waals surface area (Å²) in [5.74, 6) is -2.40. The molecule has 0 aliphatic heterocycles. The molecule has 0 bridgehead atoms. The number of rotatable bonds is 12. The van der Waals surface area contributed by atoms with Gasteiger partial charge in [0.2, 0.25) is 21.8 Å². The highest BCUT2D eigenvalue weighted by atomic mass is 79.9. The first-order valence-corrected chi connectivity index (χ1v) is 13.8. The molecule has 0 saturated heterocycles. The molecular formula is C25H32BrN3O5S. The molecule has 0 radical (unpaired) electrons. The largest absolute Gasteiger partial charge is 0.289 e. The molecule has 2 aromatic carbocycles. The third-order valence-corrected chi connectivity index (χ3v) is 6.58. The third-order valence-electron chi connectivity index (χ3n) is 5.58. The number of hydrogen-bond acceptors (Lipinski definition) is 5. The normalized spacial score (nSPS) is 14.5. The number of hydrogen-bond donors (Lipinski definition) is 4. The van der Waals surface area contributed by atoms with Gasteiger partial charge in [0.25, 0.3) is 0 Å². The summed E-state index contributed by atoms with van der Waals surface area (Å²) in [7, 11) is -3.74. The first-order valence-electron chi connectivity index (χ1n) is 11.1. The van der Waals surface area contributed by atoms with Gasteiger partial charge in [-0.05, 0) is 48.4 Å². The smallest absolute Gasteiger partial charge is 0.247 e. The molecule has 0 saturated carbocycles. The van der Waals surface area contributed by atoms with Crippen LogP contribution in [0.4, 0.5) is 0 Å². The maximum atomic E-state index is 13.7. The van der Waals surface area contributed by atoms with Gasteiger partial charge in [-0.15, -0.1) is 4.83 Å². The van der Waals surface area contributed by atoms with Crippen LogP contribution in [0.25, 0.3) is 6.08 Å². The lowest BCUT2D eigenvalue weighted by molar-refractivity contribution is -0.148. The number of benzene rings is 2. The second-order valence-corrected chi connectivity index (χ2v) is 11.6. The van der Waals surface area contributed by atoms with Crippen molar-refractivity contribution in [3.05, 3.63) is 76.3 Å². The van der Waals surface area contributed by atoms with Crippen LogP contribution in [0.2, 0.25) is 0 Å². The summed E-state index contributed by atoms with van der Waals surface area (Å²) in [6.07, 6.45) is 5.08. The number of sulfonamides is 1. The van der Waals surface area contributed by atoms with Crippen LogP contribution in [-0.4, -0.2) is 31.7 Å². The molecule has 0 fully saturated rings.